The first-order valence-electron chi connectivity index (χ1n) is 3.22. The van der Waals surface area contributed by atoms with Crippen LogP contribution in [0.4, 0.5) is 13.2 Å². The van der Waals surface area contributed by atoms with Gasteiger partial charge in [-0.3, -0.25) is 4.79 Å². The van der Waals surface area contributed by atoms with Crippen molar-refractivity contribution in [3.63, 3.8) is 0 Å². The molecule has 1 N–H and O–H groups in total. The Labute approximate surface area is 66.0 Å². The zero-order chi connectivity index (χ0) is 9.19. The first-order valence-corrected chi connectivity index (χ1v) is 3.22. The number of rotatable bonds is 1. The standard InChI is InChI=1S/C7H6F3NO/c8-7(9,10)4-5-2-1-3-11-6(5)12/h1-3H,4H2,(H,11,12). The highest BCUT2D eigenvalue weighted by molar-refractivity contribution is 5.10. The quantitative estimate of drug-likeness (QED) is 0.692. The van der Waals surface area contributed by atoms with Crippen LogP contribution in [0.5, 0.6) is 0 Å². The van der Waals surface area contributed by atoms with Crippen LogP contribution < -0.4 is 5.56 Å². The molecule has 0 saturated carbocycles. The molecule has 0 radical (unpaired) electrons. The van der Waals surface area contributed by atoms with Crippen LogP contribution in [0, 0.1) is 0 Å². The van der Waals surface area contributed by atoms with E-state index in [0.717, 1.165) is 6.07 Å². The number of nitrogens with one attached hydrogen (secondary N) is 1. The molecule has 0 amide bonds. The number of hydrogen-bond donors (Lipinski definition) is 1. The average Bonchev–Trinajstić information content (AvgIpc) is 1.91. The summed E-state index contributed by atoms with van der Waals surface area (Å²) in [5.74, 6) is 0. The van der Waals surface area contributed by atoms with Crippen molar-refractivity contribution in [1.82, 2.24) is 4.98 Å². The minimum atomic E-state index is -4.33. The number of aromatic amines is 1. The fourth-order valence-corrected chi connectivity index (χ4v) is 0.812. The Hall–Kier alpha value is -1.26. The number of H-pyrrole nitrogens is 1. The summed E-state index contributed by atoms with van der Waals surface area (Å²) in [6, 6.07) is 2.52. The van der Waals surface area contributed by atoms with E-state index in [0.29, 0.717) is 0 Å². The fourth-order valence-electron chi connectivity index (χ4n) is 0.812. The number of halogens is 3. The van der Waals surface area contributed by atoms with E-state index in [1.807, 2.05) is 0 Å². The topological polar surface area (TPSA) is 32.9 Å². The van der Waals surface area contributed by atoms with Crippen molar-refractivity contribution >= 4 is 0 Å². The minimum Gasteiger partial charge on any atom is -0.329 e. The molecule has 0 spiro atoms. The summed E-state index contributed by atoms with van der Waals surface area (Å²) in [6.45, 7) is 0. The van der Waals surface area contributed by atoms with Crippen LogP contribution >= 0.6 is 0 Å². The molecule has 1 aromatic rings. The predicted octanol–water partition coefficient (Wildman–Crippen LogP) is 1.48. The summed E-state index contributed by atoms with van der Waals surface area (Å²) in [6.07, 6.45) is -4.21. The van der Waals surface area contributed by atoms with Crippen molar-refractivity contribution < 1.29 is 13.2 Å². The van der Waals surface area contributed by atoms with Gasteiger partial charge < -0.3 is 4.98 Å². The molecule has 0 aliphatic carbocycles. The molecule has 0 aliphatic rings. The van der Waals surface area contributed by atoms with Crippen molar-refractivity contribution in [3.8, 4) is 0 Å². The molecule has 0 atom stereocenters. The maximum absolute atomic E-state index is 11.8. The third-order valence-corrected chi connectivity index (χ3v) is 1.29. The van der Waals surface area contributed by atoms with Crippen LogP contribution in [0.25, 0.3) is 0 Å². The van der Waals surface area contributed by atoms with Gasteiger partial charge in [-0.2, -0.15) is 13.2 Å². The molecule has 5 heteroatoms. The van der Waals surface area contributed by atoms with E-state index in [1.165, 1.54) is 12.3 Å². The summed E-state index contributed by atoms with van der Waals surface area (Å²) in [7, 11) is 0. The summed E-state index contributed by atoms with van der Waals surface area (Å²) in [5.41, 5.74) is -0.945. The molecule has 1 heterocycles. The number of hydrogen-bond acceptors (Lipinski definition) is 1. The normalized spacial score (nSPS) is 11.6. The van der Waals surface area contributed by atoms with E-state index >= 15 is 0 Å². The summed E-state index contributed by atoms with van der Waals surface area (Å²) in [5, 5.41) is 0. The highest BCUT2D eigenvalue weighted by Gasteiger charge is 2.28. The Bertz CT molecular complexity index is 315. The molecule has 0 aliphatic heterocycles. The van der Waals surface area contributed by atoms with E-state index in [4.69, 9.17) is 0 Å². The molecule has 1 aromatic heterocycles. The van der Waals surface area contributed by atoms with E-state index in [9.17, 15) is 18.0 Å². The second-order valence-electron chi connectivity index (χ2n) is 2.32. The fraction of sp³-hybridized carbons (Fsp3) is 0.286. The molecule has 0 aromatic carbocycles. The van der Waals surface area contributed by atoms with E-state index in [2.05, 4.69) is 4.98 Å². The van der Waals surface area contributed by atoms with Crippen molar-refractivity contribution in [1.29, 1.82) is 0 Å². The monoisotopic (exact) mass is 177 g/mol. The lowest BCUT2D eigenvalue weighted by Crippen LogP contribution is -2.19. The lowest BCUT2D eigenvalue weighted by Gasteiger charge is -2.03. The van der Waals surface area contributed by atoms with Crippen molar-refractivity contribution in [2.45, 2.75) is 12.6 Å². The largest absolute Gasteiger partial charge is 0.393 e. The van der Waals surface area contributed by atoms with Gasteiger partial charge in [0.15, 0.2) is 0 Å². The lowest BCUT2D eigenvalue weighted by molar-refractivity contribution is -0.127. The third-order valence-electron chi connectivity index (χ3n) is 1.29. The number of alkyl halides is 3. The molecular weight excluding hydrogens is 171 g/mol. The SMILES string of the molecule is O=c1[nH]cccc1CC(F)(F)F. The zero-order valence-corrected chi connectivity index (χ0v) is 5.98. The lowest BCUT2D eigenvalue weighted by atomic mass is 10.2. The second kappa shape index (κ2) is 3.00. The Morgan fingerprint density at radius 2 is 2.08 bits per heavy atom. The molecule has 2 nitrogen and oxygen atoms in total. The Morgan fingerprint density at radius 3 is 2.58 bits per heavy atom. The van der Waals surface area contributed by atoms with E-state index in [1.54, 1.807) is 0 Å². The van der Waals surface area contributed by atoms with Crippen LogP contribution in [-0.2, 0) is 6.42 Å². The molecule has 12 heavy (non-hydrogen) atoms. The summed E-state index contributed by atoms with van der Waals surface area (Å²) < 4.78 is 35.3. The van der Waals surface area contributed by atoms with Gasteiger partial charge in [-0.1, -0.05) is 6.07 Å². The van der Waals surface area contributed by atoms with Gasteiger partial charge in [-0.25, -0.2) is 0 Å². The molecule has 0 fully saturated rings. The van der Waals surface area contributed by atoms with Gasteiger partial charge in [0.1, 0.15) is 0 Å². The molecule has 0 unspecified atom stereocenters. The van der Waals surface area contributed by atoms with E-state index in [-0.39, 0.29) is 5.56 Å². The van der Waals surface area contributed by atoms with Gasteiger partial charge in [-0.05, 0) is 6.07 Å². The van der Waals surface area contributed by atoms with Gasteiger partial charge in [0.25, 0.3) is 5.56 Å². The smallest absolute Gasteiger partial charge is 0.329 e. The number of pyridine rings is 1. The average molecular weight is 177 g/mol. The van der Waals surface area contributed by atoms with Gasteiger partial charge in [-0.15, -0.1) is 0 Å². The van der Waals surface area contributed by atoms with Gasteiger partial charge >= 0.3 is 6.18 Å². The minimum absolute atomic E-state index is 0.259. The summed E-state index contributed by atoms with van der Waals surface area (Å²) in [4.78, 5) is 12.9. The second-order valence-corrected chi connectivity index (χ2v) is 2.32. The number of aromatic nitrogens is 1. The van der Waals surface area contributed by atoms with Crippen LogP contribution in [0.3, 0.4) is 0 Å². The Morgan fingerprint density at radius 1 is 1.42 bits per heavy atom. The highest BCUT2D eigenvalue weighted by Crippen LogP contribution is 2.18. The van der Waals surface area contributed by atoms with Crippen LogP contribution in [0.1, 0.15) is 5.56 Å². The van der Waals surface area contributed by atoms with Crippen molar-refractivity contribution in [2.24, 2.45) is 0 Å². The zero-order valence-electron chi connectivity index (χ0n) is 5.98. The van der Waals surface area contributed by atoms with Gasteiger partial charge in [0.2, 0.25) is 0 Å². The molecule has 66 valence electrons. The predicted molar refractivity (Wildman–Crippen MR) is 36.8 cm³/mol. The van der Waals surface area contributed by atoms with Crippen molar-refractivity contribution in [3.05, 3.63) is 34.2 Å². The van der Waals surface area contributed by atoms with Crippen LogP contribution in [0.15, 0.2) is 23.1 Å². The van der Waals surface area contributed by atoms with Crippen LogP contribution in [0.2, 0.25) is 0 Å². The molecular formula is C7H6F3NO. The highest BCUT2D eigenvalue weighted by atomic mass is 19.4. The van der Waals surface area contributed by atoms with E-state index < -0.39 is 18.2 Å². The van der Waals surface area contributed by atoms with Crippen molar-refractivity contribution in [2.75, 3.05) is 0 Å². The molecule has 0 bridgehead atoms. The van der Waals surface area contributed by atoms with Crippen LogP contribution in [-0.4, -0.2) is 11.2 Å². The molecule has 1 rings (SSSR count). The summed E-state index contributed by atoms with van der Waals surface area (Å²) >= 11 is 0. The third kappa shape index (κ3) is 2.41. The Balaban J connectivity index is 2.91. The Kier molecular flexibility index (Phi) is 2.21. The first kappa shape index (κ1) is 8.83. The van der Waals surface area contributed by atoms with Gasteiger partial charge in [0, 0.05) is 11.8 Å². The maximum Gasteiger partial charge on any atom is 0.393 e. The maximum atomic E-state index is 11.8. The van der Waals surface area contributed by atoms with Gasteiger partial charge in [0.05, 0.1) is 6.42 Å². The molecule has 0 saturated heterocycles. The first-order chi connectivity index (χ1) is 5.49.